The van der Waals surface area contributed by atoms with Crippen LogP contribution in [-0.4, -0.2) is 0 Å². The molecule has 390 valence electrons. The van der Waals surface area contributed by atoms with Crippen LogP contribution < -0.4 is 0 Å². The van der Waals surface area contributed by atoms with Crippen molar-refractivity contribution in [3.8, 4) is 89.0 Å². The fourth-order valence-corrected chi connectivity index (χ4v) is 15.0. The van der Waals surface area contributed by atoms with Gasteiger partial charge in [0.1, 0.15) is 11.2 Å². The number of furan rings is 1. The molecule has 84 heavy (non-hydrogen) atoms. The standard InChI is InChI=1S/C82H50OS/c1-4-21-51(22-5-1)76-64-33-10-12-35-66(64)78(53-25-8-3-9-26-53)72-49-55(41-43-68(72)76)54-27-18-30-59(47-54)80-60(45-46-70-62-31-14-16-39-74(62)83-81(70)80)57-42-44-69-73(50-57)79(67-36-13-11-34-65(67)77(69)52-23-6-2-7-24-52)58-29-19-28-56(48-58)61-37-20-38-71-63-32-15-17-40-75(63)84-82(61)71/h1-50H. The van der Waals surface area contributed by atoms with Crippen LogP contribution in [0.2, 0.25) is 0 Å². The molecule has 0 spiro atoms. The summed E-state index contributed by atoms with van der Waals surface area (Å²) in [5, 5.41) is 14.6. The predicted molar refractivity (Wildman–Crippen MR) is 360 cm³/mol. The van der Waals surface area contributed by atoms with Crippen molar-refractivity contribution < 1.29 is 4.42 Å². The van der Waals surface area contributed by atoms with Crippen molar-refractivity contribution in [3.05, 3.63) is 303 Å². The number of rotatable bonds is 8. The van der Waals surface area contributed by atoms with Crippen molar-refractivity contribution in [2.75, 3.05) is 0 Å². The molecule has 2 heteroatoms. The highest BCUT2D eigenvalue weighted by Gasteiger charge is 2.24. The van der Waals surface area contributed by atoms with Gasteiger partial charge in [-0.15, -0.1) is 11.3 Å². The topological polar surface area (TPSA) is 13.1 Å². The minimum Gasteiger partial charge on any atom is -0.455 e. The summed E-state index contributed by atoms with van der Waals surface area (Å²) in [7, 11) is 0. The van der Waals surface area contributed by atoms with E-state index in [0.717, 1.165) is 55.3 Å². The molecule has 17 aromatic rings. The normalized spacial score (nSPS) is 11.8. The Hall–Kier alpha value is -10.6. The van der Waals surface area contributed by atoms with E-state index < -0.39 is 0 Å². The summed E-state index contributed by atoms with van der Waals surface area (Å²) in [4.78, 5) is 0. The van der Waals surface area contributed by atoms with Gasteiger partial charge in [0.05, 0.1) is 0 Å². The maximum Gasteiger partial charge on any atom is 0.143 e. The van der Waals surface area contributed by atoms with Crippen LogP contribution in [0, 0.1) is 0 Å². The molecule has 0 radical (unpaired) electrons. The first-order chi connectivity index (χ1) is 41.7. The molecule has 0 unspecified atom stereocenters. The lowest BCUT2D eigenvalue weighted by molar-refractivity contribution is 0.670. The lowest BCUT2D eigenvalue weighted by atomic mass is 9.83. The van der Waals surface area contributed by atoms with E-state index in [-0.39, 0.29) is 0 Å². The van der Waals surface area contributed by atoms with Gasteiger partial charge in [0.25, 0.3) is 0 Å². The molecule has 0 bridgehead atoms. The van der Waals surface area contributed by atoms with E-state index in [4.69, 9.17) is 4.42 Å². The lowest BCUT2D eigenvalue weighted by Crippen LogP contribution is -1.93. The third-order valence-electron chi connectivity index (χ3n) is 17.4. The first-order valence-corrected chi connectivity index (χ1v) is 29.7. The largest absolute Gasteiger partial charge is 0.455 e. The first-order valence-electron chi connectivity index (χ1n) is 28.9. The Bertz CT molecular complexity index is 5480. The van der Waals surface area contributed by atoms with Crippen molar-refractivity contribution in [1.82, 2.24) is 0 Å². The highest BCUT2D eigenvalue weighted by atomic mass is 32.1. The van der Waals surface area contributed by atoms with Crippen LogP contribution in [0.15, 0.2) is 308 Å². The van der Waals surface area contributed by atoms with Gasteiger partial charge in [0.2, 0.25) is 0 Å². The monoisotopic (exact) mass is 1080 g/mol. The third kappa shape index (κ3) is 7.69. The number of fused-ring (bicyclic) bond motifs is 10. The number of para-hydroxylation sites is 1. The van der Waals surface area contributed by atoms with Crippen LogP contribution in [0.4, 0.5) is 0 Å². The van der Waals surface area contributed by atoms with Crippen molar-refractivity contribution in [2.45, 2.75) is 0 Å². The van der Waals surface area contributed by atoms with Crippen LogP contribution in [0.1, 0.15) is 0 Å². The van der Waals surface area contributed by atoms with Gasteiger partial charge in [0.15, 0.2) is 0 Å². The molecule has 0 aliphatic heterocycles. The van der Waals surface area contributed by atoms with Crippen molar-refractivity contribution in [2.24, 2.45) is 0 Å². The highest BCUT2D eigenvalue weighted by Crippen LogP contribution is 2.50. The third-order valence-corrected chi connectivity index (χ3v) is 18.7. The van der Waals surface area contributed by atoms with E-state index in [2.05, 4.69) is 303 Å². The summed E-state index contributed by atoms with van der Waals surface area (Å²) in [6.45, 7) is 0. The van der Waals surface area contributed by atoms with Crippen LogP contribution in [0.5, 0.6) is 0 Å². The zero-order valence-corrected chi connectivity index (χ0v) is 46.5. The molecule has 0 saturated heterocycles. The minimum atomic E-state index is 0.873. The molecule has 17 rings (SSSR count). The predicted octanol–water partition coefficient (Wildman–Crippen LogP) is 23.9. The van der Waals surface area contributed by atoms with Gasteiger partial charge < -0.3 is 4.42 Å². The Morgan fingerprint density at radius 1 is 0.202 bits per heavy atom. The molecular weight excluding hydrogens is 1030 g/mol. The number of benzene rings is 15. The van der Waals surface area contributed by atoms with E-state index in [0.29, 0.717) is 0 Å². The number of hydrogen-bond donors (Lipinski definition) is 0. The average molecular weight is 1080 g/mol. The maximum atomic E-state index is 7.09. The zero-order valence-electron chi connectivity index (χ0n) is 45.7. The second-order valence-corrected chi connectivity index (χ2v) is 23.2. The van der Waals surface area contributed by atoms with E-state index >= 15 is 0 Å². The fraction of sp³-hybridized carbons (Fsp3) is 0. The number of thiophene rings is 1. The summed E-state index contributed by atoms with van der Waals surface area (Å²) in [6.07, 6.45) is 0. The smallest absolute Gasteiger partial charge is 0.143 e. The Morgan fingerprint density at radius 3 is 1.23 bits per heavy atom. The van der Waals surface area contributed by atoms with E-state index in [1.165, 1.54) is 119 Å². The fourth-order valence-electron chi connectivity index (χ4n) is 13.7. The summed E-state index contributed by atoms with van der Waals surface area (Å²) in [6, 6.07) is 112. The first kappa shape index (κ1) is 48.1. The Labute approximate surface area is 490 Å². The van der Waals surface area contributed by atoms with Crippen LogP contribution in [0.3, 0.4) is 0 Å². The van der Waals surface area contributed by atoms with E-state index in [9.17, 15) is 0 Å². The maximum absolute atomic E-state index is 7.09. The van der Waals surface area contributed by atoms with Crippen LogP contribution in [0.25, 0.3) is 174 Å². The molecular formula is C82H50OS. The summed E-state index contributed by atoms with van der Waals surface area (Å²) < 4.78 is 9.71. The summed E-state index contributed by atoms with van der Waals surface area (Å²) in [5.74, 6) is 0. The van der Waals surface area contributed by atoms with E-state index in [1.54, 1.807) is 0 Å². The van der Waals surface area contributed by atoms with Crippen molar-refractivity contribution in [1.29, 1.82) is 0 Å². The van der Waals surface area contributed by atoms with E-state index in [1.807, 2.05) is 11.3 Å². The quantitative estimate of drug-likeness (QED) is 0.138. The van der Waals surface area contributed by atoms with Crippen molar-refractivity contribution in [3.63, 3.8) is 0 Å². The second-order valence-electron chi connectivity index (χ2n) is 22.1. The molecule has 15 aromatic carbocycles. The average Bonchev–Trinajstić information content (AvgIpc) is 3.60. The Morgan fingerprint density at radius 2 is 0.595 bits per heavy atom. The van der Waals surface area contributed by atoms with Gasteiger partial charge in [-0.05, 0) is 169 Å². The van der Waals surface area contributed by atoms with Gasteiger partial charge in [-0.25, -0.2) is 0 Å². The van der Waals surface area contributed by atoms with Gasteiger partial charge >= 0.3 is 0 Å². The SMILES string of the molecule is c1ccc(-c2c3ccccc3c(-c3ccccc3)c3cc(-c4cccc(-c5c(-c6ccc7c(-c8ccccc8)c8ccccc8c(-c8cccc(-c9cccc%10c9sc9ccccc9%10)c8)c7c6)ccc6c5oc5ccccc56)c4)ccc23)cc1. The lowest BCUT2D eigenvalue weighted by Gasteiger charge is -2.20. The molecule has 0 N–H and O–H groups in total. The molecule has 0 aliphatic carbocycles. The molecule has 0 atom stereocenters. The Kier molecular flexibility index (Phi) is 11.2. The molecule has 0 fully saturated rings. The zero-order chi connectivity index (χ0) is 55.2. The van der Waals surface area contributed by atoms with Gasteiger partial charge in [-0.2, -0.15) is 0 Å². The summed E-state index contributed by atoms with van der Waals surface area (Å²) >= 11 is 1.88. The molecule has 0 aliphatic rings. The second kappa shape index (κ2) is 19.5. The van der Waals surface area contributed by atoms with Gasteiger partial charge in [-0.3, -0.25) is 0 Å². The van der Waals surface area contributed by atoms with Crippen LogP contribution in [-0.2, 0) is 0 Å². The molecule has 0 amide bonds. The highest BCUT2D eigenvalue weighted by molar-refractivity contribution is 7.26. The summed E-state index contributed by atoms with van der Waals surface area (Å²) in [5.41, 5.74) is 20.6. The number of hydrogen-bond acceptors (Lipinski definition) is 2. The van der Waals surface area contributed by atoms with Gasteiger partial charge in [-0.1, -0.05) is 261 Å². The molecule has 2 aromatic heterocycles. The van der Waals surface area contributed by atoms with Crippen LogP contribution >= 0.6 is 11.3 Å². The van der Waals surface area contributed by atoms with Crippen molar-refractivity contribution >= 4 is 96.5 Å². The minimum absolute atomic E-state index is 0.873. The molecule has 2 heterocycles. The Balaban J connectivity index is 0.896. The van der Waals surface area contributed by atoms with Gasteiger partial charge in [0, 0.05) is 36.5 Å². The molecule has 1 nitrogen and oxygen atoms in total. The molecule has 0 saturated carbocycles.